The Morgan fingerprint density at radius 2 is 2.04 bits per heavy atom. The average Bonchev–Trinajstić information content (AvgIpc) is 2.47. The van der Waals surface area contributed by atoms with Crippen LogP contribution in [-0.4, -0.2) is 37.8 Å². The highest BCUT2D eigenvalue weighted by Crippen LogP contribution is 2.35. The maximum atomic E-state index is 12.3. The number of likely N-dealkylation sites (N-methyl/N-ethyl adjacent to an activating group) is 1. The third kappa shape index (κ3) is 4.61. The van der Waals surface area contributed by atoms with Gasteiger partial charge in [-0.1, -0.05) is 13.0 Å². The molecule has 0 spiro atoms. The van der Waals surface area contributed by atoms with E-state index in [2.05, 4.69) is 24.2 Å². The Bertz CT molecular complexity index is 531. The van der Waals surface area contributed by atoms with Crippen molar-refractivity contribution in [2.45, 2.75) is 45.5 Å². The van der Waals surface area contributed by atoms with E-state index < -0.39 is 12.7 Å². The molecule has 2 rings (SSSR count). The summed E-state index contributed by atoms with van der Waals surface area (Å²) >= 11 is 0. The molecular weight excluding hydrogens is 305 g/mol. The number of ether oxygens (including phenoxy) is 1. The van der Waals surface area contributed by atoms with Crippen LogP contribution in [0.3, 0.4) is 0 Å². The lowest BCUT2D eigenvalue weighted by atomic mass is 9.89. The Hall–Kier alpha value is -1.27. The first kappa shape index (κ1) is 18.1. The van der Waals surface area contributed by atoms with Gasteiger partial charge in [-0.05, 0) is 44.0 Å². The van der Waals surface area contributed by atoms with Gasteiger partial charge in [0.15, 0.2) is 0 Å². The van der Waals surface area contributed by atoms with Crippen molar-refractivity contribution in [2.24, 2.45) is 0 Å². The van der Waals surface area contributed by atoms with E-state index >= 15 is 0 Å². The summed E-state index contributed by atoms with van der Waals surface area (Å²) < 4.78 is 42.6. The molecule has 0 radical (unpaired) electrons. The number of nitrogens with one attached hydrogen (secondary N) is 1. The van der Waals surface area contributed by atoms with Crippen LogP contribution in [0.2, 0.25) is 0 Å². The minimum absolute atomic E-state index is 0.161. The zero-order valence-electron chi connectivity index (χ0n) is 14.0. The van der Waals surface area contributed by atoms with Crippen LogP contribution in [0.1, 0.15) is 43.0 Å². The summed E-state index contributed by atoms with van der Waals surface area (Å²) in [6.07, 6.45) is -2.28. The standard InChI is InChI=1S/C17H25F3N2O/c1-4-15-14-9-16(23-5-2)13(10-21-11-17(18,19)20)8-12(14)6-7-22(15)3/h8-9,15,21H,4-7,10-11H2,1-3H3. The number of hydrogen-bond donors (Lipinski definition) is 1. The molecule has 0 amide bonds. The summed E-state index contributed by atoms with van der Waals surface area (Å²) in [4.78, 5) is 2.32. The van der Waals surface area contributed by atoms with Gasteiger partial charge in [-0.2, -0.15) is 13.2 Å². The molecule has 1 aliphatic rings. The fourth-order valence-electron chi connectivity index (χ4n) is 3.21. The van der Waals surface area contributed by atoms with E-state index in [1.54, 1.807) is 0 Å². The van der Waals surface area contributed by atoms with Crippen LogP contribution in [0.4, 0.5) is 13.2 Å². The highest BCUT2D eigenvalue weighted by Gasteiger charge is 2.27. The summed E-state index contributed by atoms with van der Waals surface area (Å²) in [6, 6.07) is 4.38. The zero-order chi connectivity index (χ0) is 17.0. The van der Waals surface area contributed by atoms with Gasteiger partial charge in [-0.15, -0.1) is 0 Å². The third-order valence-corrected chi connectivity index (χ3v) is 4.27. The molecule has 1 aliphatic heterocycles. The van der Waals surface area contributed by atoms with E-state index in [9.17, 15) is 13.2 Å². The van der Waals surface area contributed by atoms with Crippen molar-refractivity contribution in [3.63, 3.8) is 0 Å². The molecular formula is C17H25F3N2O. The molecule has 0 saturated carbocycles. The van der Waals surface area contributed by atoms with Crippen molar-refractivity contribution in [3.05, 3.63) is 28.8 Å². The highest BCUT2D eigenvalue weighted by molar-refractivity contribution is 5.45. The monoisotopic (exact) mass is 330 g/mol. The molecule has 1 N–H and O–H groups in total. The van der Waals surface area contributed by atoms with Crippen molar-refractivity contribution < 1.29 is 17.9 Å². The van der Waals surface area contributed by atoms with Crippen LogP contribution < -0.4 is 10.1 Å². The predicted molar refractivity (Wildman–Crippen MR) is 84.7 cm³/mol. The Balaban J connectivity index is 2.25. The SMILES string of the molecule is CCOc1cc2c(cc1CNCC(F)(F)F)CCN(C)C2CC. The maximum absolute atomic E-state index is 12.3. The van der Waals surface area contributed by atoms with Gasteiger partial charge in [-0.25, -0.2) is 0 Å². The van der Waals surface area contributed by atoms with Gasteiger partial charge in [0.1, 0.15) is 5.75 Å². The maximum Gasteiger partial charge on any atom is 0.401 e. The second-order valence-corrected chi connectivity index (χ2v) is 5.97. The van der Waals surface area contributed by atoms with Crippen LogP contribution >= 0.6 is 0 Å². The number of rotatable bonds is 6. The second-order valence-electron chi connectivity index (χ2n) is 5.97. The summed E-state index contributed by atoms with van der Waals surface area (Å²) in [5.41, 5.74) is 3.26. The first-order chi connectivity index (χ1) is 10.9. The molecule has 0 bridgehead atoms. The number of nitrogens with zero attached hydrogens (tertiary/aromatic N) is 1. The van der Waals surface area contributed by atoms with Crippen LogP contribution in [-0.2, 0) is 13.0 Å². The van der Waals surface area contributed by atoms with Gasteiger partial charge in [-0.3, -0.25) is 4.90 Å². The highest BCUT2D eigenvalue weighted by atomic mass is 19.4. The van der Waals surface area contributed by atoms with Gasteiger partial charge in [0.05, 0.1) is 13.2 Å². The lowest BCUT2D eigenvalue weighted by molar-refractivity contribution is -0.125. The van der Waals surface area contributed by atoms with Gasteiger partial charge in [0.25, 0.3) is 0 Å². The Morgan fingerprint density at radius 1 is 1.30 bits per heavy atom. The Kier molecular flexibility index (Phi) is 5.92. The summed E-state index contributed by atoms with van der Waals surface area (Å²) in [5.74, 6) is 0.690. The van der Waals surface area contributed by atoms with E-state index in [4.69, 9.17) is 4.74 Å². The first-order valence-corrected chi connectivity index (χ1v) is 8.11. The molecule has 130 valence electrons. The molecule has 0 fully saturated rings. The summed E-state index contributed by atoms with van der Waals surface area (Å²) in [6.45, 7) is 4.67. The number of alkyl halides is 3. The summed E-state index contributed by atoms with van der Waals surface area (Å²) in [7, 11) is 2.11. The normalized spacial score (nSPS) is 18.8. The molecule has 6 heteroatoms. The van der Waals surface area contributed by atoms with Crippen LogP contribution in [0, 0.1) is 0 Å². The smallest absolute Gasteiger partial charge is 0.401 e. The van der Waals surface area contributed by atoms with Crippen LogP contribution in [0.15, 0.2) is 12.1 Å². The van der Waals surface area contributed by atoms with E-state index in [1.165, 1.54) is 11.1 Å². The van der Waals surface area contributed by atoms with Crippen LogP contribution in [0.5, 0.6) is 5.75 Å². The third-order valence-electron chi connectivity index (χ3n) is 4.27. The topological polar surface area (TPSA) is 24.5 Å². The zero-order valence-corrected chi connectivity index (χ0v) is 14.0. The molecule has 1 aromatic rings. The van der Waals surface area contributed by atoms with Crippen molar-refractivity contribution in [1.29, 1.82) is 0 Å². The lowest BCUT2D eigenvalue weighted by Gasteiger charge is -2.35. The minimum Gasteiger partial charge on any atom is -0.494 e. The van der Waals surface area contributed by atoms with Gasteiger partial charge in [0.2, 0.25) is 0 Å². The second kappa shape index (κ2) is 7.53. The Labute approximate surface area is 135 Å². The molecule has 1 aromatic carbocycles. The van der Waals surface area contributed by atoms with Crippen LogP contribution in [0.25, 0.3) is 0 Å². The summed E-state index contributed by atoms with van der Waals surface area (Å²) in [5, 5.41) is 2.47. The fraction of sp³-hybridized carbons (Fsp3) is 0.647. The van der Waals surface area contributed by atoms with Gasteiger partial charge >= 0.3 is 6.18 Å². The molecule has 1 atom stereocenters. The fourth-order valence-corrected chi connectivity index (χ4v) is 3.21. The van der Waals surface area contributed by atoms with Crippen molar-refractivity contribution >= 4 is 0 Å². The number of halogens is 3. The van der Waals surface area contributed by atoms with Crippen molar-refractivity contribution in [3.8, 4) is 5.75 Å². The van der Waals surface area contributed by atoms with E-state index in [0.717, 1.165) is 24.9 Å². The molecule has 0 aromatic heterocycles. The van der Waals surface area contributed by atoms with Gasteiger partial charge in [0, 0.05) is 24.7 Å². The van der Waals surface area contributed by atoms with E-state index in [1.807, 2.05) is 19.1 Å². The largest absolute Gasteiger partial charge is 0.494 e. The quantitative estimate of drug-likeness (QED) is 0.861. The number of fused-ring (bicyclic) bond motifs is 1. The van der Waals surface area contributed by atoms with E-state index in [0.29, 0.717) is 18.4 Å². The lowest BCUT2D eigenvalue weighted by Crippen LogP contribution is -2.32. The predicted octanol–water partition coefficient (Wildman–Crippen LogP) is 3.68. The molecule has 3 nitrogen and oxygen atoms in total. The van der Waals surface area contributed by atoms with E-state index in [-0.39, 0.29) is 6.54 Å². The molecule has 1 unspecified atom stereocenters. The molecule has 23 heavy (non-hydrogen) atoms. The van der Waals surface area contributed by atoms with Crippen molar-refractivity contribution in [2.75, 3.05) is 26.7 Å². The molecule has 0 saturated heterocycles. The molecule has 1 heterocycles. The first-order valence-electron chi connectivity index (χ1n) is 8.11. The number of hydrogen-bond acceptors (Lipinski definition) is 3. The Morgan fingerprint density at radius 3 is 2.65 bits per heavy atom. The van der Waals surface area contributed by atoms with Crippen molar-refractivity contribution in [1.82, 2.24) is 10.2 Å². The van der Waals surface area contributed by atoms with Gasteiger partial charge < -0.3 is 10.1 Å². The minimum atomic E-state index is -4.20. The average molecular weight is 330 g/mol. The number of benzene rings is 1. The molecule has 0 aliphatic carbocycles.